The van der Waals surface area contributed by atoms with Crippen molar-refractivity contribution in [3.05, 3.63) is 22.4 Å². The van der Waals surface area contributed by atoms with Gasteiger partial charge in [-0.15, -0.1) is 11.3 Å². The van der Waals surface area contributed by atoms with E-state index >= 15 is 0 Å². The van der Waals surface area contributed by atoms with Crippen LogP contribution in [0.25, 0.3) is 0 Å². The number of nitrogens with zero attached hydrogens (tertiary/aromatic N) is 1. The number of rotatable bonds is 4. The number of likely N-dealkylation sites (tertiary alicyclic amines) is 1. The maximum Gasteiger partial charge on any atom is 0.0589 e. The average molecular weight is 239 g/mol. The summed E-state index contributed by atoms with van der Waals surface area (Å²) in [6.45, 7) is 4.82. The minimum Gasteiger partial charge on any atom is -0.395 e. The Morgan fingerprint density at radius 2 is 2.44 bits per heavy atom. The van der Waals surface area contributed by atoms with E-state index in [1.165, 1.54) is 17.7 Å². The monoisotopic (exact) mass is 239 g/mol. The Morgan fingerprint density at radius 1 is 1.56 bits per heavy atom. The lowest BCUT2D eigenvalue weighted by atomic mass is 9.91. The molecule has 1 fully saturated rings. The van der Waals surface area contributed by atoms with Gasteiger partial charge in [-0.3, -0.25) is 4.90 Å². The topological polar surface area (TPSA) is 23.5 Å². The molecule has 2 nitrogen and oxygen atoms in total. The maximum absolute atomic E-state index is 9.45. The van der Waals surface area contributed by atoms with Crippen LogP contribution >= 0.6 is 11.3 Å². The third-order valence-corrected chi connectivity index (χ3v) is 4.58. The molecule has 1 aliphatic heterocycles. The molecule has 2 unspecified atom stereocenters. The van der Waals surface area contributed by atoms with E-state index in [4.69, 9.17) is 0 Å². The van der Waals surface area contributed by atoms with E-state index in [1.54, 1.807) is 0 Å². The first-order valence-electron chi connectivity index (χ1n) is 6.18. The summed E-state index contributed by atoms with van der Waals surface area (Å²) in [4.78, 5) is 3.92. The predicted octanol–water partition coefficient (Wildman–Crippen LogP) is 2.38. The fourth-order valence-corrected chi connectivity index (χ4v) is 3.31. The number of hydrogen-bond donors (Lipinski definition) is 1. The molecule has 0 bridgehead atoms. The highest BCUT2D eigenvalue weighted by atomic mass is 32.1. The van der Waals surface area contributed by atoms with Crippen molar-refractivity contribution in [2.75, 3.05) is 19.7 Å². The third-order valence-electron chi connectivity index (χ3n) is 3.64. The molecular formula is C13H21NOS. The van der Waals surface area contributed by atoms with Gasteiger partial charge in [-0.25, -0.2) is 0 Å². The highest BCUT2D eigenvalue weighted by molar-refractivity contribution is 7.09. The van der Waals surface area contributed by atoms with Gasteiger partial charge in [-0.05, 0) is 43.2 Å². The second kappa shape index (κ2) is 5.80. The Kier molecular flexibility index (Phi) is 4.38. The average Bonchev–Trinajstić information content (AvgIpc) is 2.79. The van der Waals surface area contributed by atoms with Gasteiger partial charge in [0.25, 0.3) is 0 Å². The third kappa shape index (κ3) is 2.84. The molecule has 1 aromatic rings. The normalized spacial score (nSPS) is 27.1. The summed E-state index contributed by atoms with van der Waals surface area (Å²) in [6, 6.07) is 4.70. The largest absolute Gasteiger partial charge is 0.395 e. The molecular weight excluding hydrogens is 218 g/mol. The van der Waals surface area contributed by atoms with E-state index in [-0.39, 0.29) is 0 Å². The number of aliphatic hydroxyl groups excluding tert-OH is 1. The molecule has 16 heavy (non-hydrogen) atoms. The van der Waals surface area contributed by atoms with Gasteiger partial charge < -0.3 is 5.11 Å². The van der Waals surface area contributed by atoms with Gasteiger partial charge in [0, 0.05) is 17.5 Å². The number of aliphatic hydroxyl groups is 1. The van der Waals surface area contributed by atoms with Gasteiger partial charge in [0.15, 0.2) is 0 Å². The minimum atomic E-state index is 0.311. The smallest absolute Gasteiger partial charge is 0.0589 e. The lowest BCUT2D eigenvalue weighted by Gasteiger charge is -2.39. The molecule has 90 valence electrons. The van der Waals surface area contributed by atoms with Crippen LogP contribution in [0.15, 0.2) is 17.5 Å². The van der Waals surface area contributed by atoms with Crippen molar-refractivity contribution in [1.29, 1.82) is 0 Å². The summed E-state index contributed by atoms with van der Waals surface area (Å²) in [5.41, 5.74) is 0. The molecule has 2 heterocycles. The summed E-state index contributed by atoms with van der Waals surface area (Å²) in [6.07, 6.45) is 3.67. The SMILES string of the molecule is CC1CCCN(CCc2cccs2)C1CO. The van der Waals surface area contributed by atoms with Crippen LogP contribution in [0.1, 0.15) is 24.6 Å². The van der Waals surface area contributed by atoms with E-state index in [1.807, 2.05) is 11.3 Å². The van der Waals surface area contributed by atoms with Crippen LogP contribution in [-0.4, -0.2) is 35.7 Å². The van der Waals surface area contributed by atoms with E-state index in [9.17, 15) is 5.11 Å². The molecule has 1 aliphatic rings. The number of piperidine rings is 1. The van der Waals surface area contributed by atoms with E-state index in [2.05, 4.69) is 29.3 Å². The van der Waals surface area contributed by atoms with Crippen LogP contribution in [-0.2, 0) is 6.42 Å². The molecule has 3 heteroatoms. The van der Waals surface area contributed by atoms with Crippen molar-refractivity contribution in [2.24, 2.45) is 5.92 Å². The standard InChI is InChI=1S/C13H21NOS/c1-11-4-2-7-14(13(11)10-15)8-6-12-5-3-9-16-12/h3,5,9,11,13,15H,2,4,6-8,10H2,1H3. The highest BCUT2D eigenvalue weighted by Crippen LogP contribution is 2.23. The van der Waals surface area contributed by atoms with Crippen molar-refractivity contribution in [2.45, 2.75) is 32.2 Å². The molecule has 2 atom stereocenters. The van der Waals surface area contributed by atoms with E-state index in [0.29, 0.717) is 18.6 Å². The van der Waals surface area contributed by atoms with Gasteiger partial charge in [-0.1, -0.05) is 13.0 Å². The van der Waals surface area contributed by atoms with Gasteiger partial charge in [0.05, 0.1) is 6.61 Å². The fraction of sp³-hybridized carbons (Fsp3) is 0.692. The molecule has 0 radical (unpaired) electrons. The van der Waals surface area contributed by atoms with E-state index < -0.39 is 0 Å². The first-order chi connectivity index (χ1) is 7.81. The van der Waals surface area contributed by atoms with Crippen molar-refractivity contribution in [1.82, 2.24) is 4.90 Å². The molecule has 0 saturated carbocycles. The Balaban J connectivity index is 1.87. The van der Waals surface area contributed by atoms with Gasteiger partial charge >= 0.3 is 0 Å². The van der Waals surface area contributed by atoms with Crippen molar-refractivity contribution < 1.29 is 5.11 Å². The van der Waals surface area contributed by atoms with Gasteiger partial charge in [0.2, 0.25) is 0 Å². The predicted molar refractivity (Wildman–Crippen MR) is 68.9 cm³/mol. The molecule has 2 rings (SSSR count). The minimum absolute atomic E-state index is 0.311. The van der Waals surface area contributed by atoms with Crippen LogP contribution in [0.2, 0.25) is 0 Å². The van der Waals surface area contributed by atoms with Crippen LogP contribution < -0.4 is 0 Å². The first kappa shape index (κ1) is 12.1. The lowest BCUT2D eigenvalue weighted by molar-refractivity contribution is 0.0541. The van der Waals surface area contributed by atoms with Crippen molar-refractivity contribution in [3.63, 3.8) is 0 Å². The Hall–Kier alpha value is -0.380. The summed E-state index contributed by atoms with van der Waals surface area (Å²) in [7, 11) is 0. The highest BCUT2D eigenvalue weighted by Gasteiger charge is 2.27. The first-order valence-corrected chi connectivity index (χ1v) is 7.06. The second-order valence-electron chi connectivity index (χ2n) is 4.73. The van der Waals surface area contributed by atoms with E-state index in [0.717, 1.165) is 19.5 Å². The Labute approximate surface area is 102 Å². The van der Waals surface area contributed by atoms with Crippen LogP contribution in [0.4, 0.5) is 0 Å². The molecule has 0 aliphatic carbocycles. The summed E-state index contributed by atoms with van der Waals surface area (Å²) in [5, 5.41) is 11.6. The van der Waals surface area contributed by atoms with Crippen molar-refractivity contribution in [3.8, 4) is 0 Å². The lowest BCUT2D eigenvalue weighted by Crippen LogP contribution is -2.47. The summed E-state index contributed by atoms with van der Waals surface area (Å²) < 4.78 is 0. The Morgan fingerprint density at radius 3 is 3.12 bits per heavy atom. The summed E-state index contributed by atoms with van der Waals surface area (Å²) in [5.74, 6) is 0.641. The van der Waals surface area contributed by atoms with Crippen LogP contribution in [0.5, 0.6) is 0 Å². The molecule has 1 aromatic heterocycles. The van der Waals surface area contributed by atoms with Gasteiger partial charge in [0.1, 0.15) is 0 Å². The quantitative estimate of drug-likeness (QED) is 0.872. The van der Waals surface area contributed by atoms with Gasteiger partial charge in [-0.2, -0.15) is 0 Å². The second-order valence-corrected chi connectivity index (χ2v) is 5.77. The molecule has 1 saturated heterocycles. The van der Waals surface area contributed by atoms with Crippen LogP contribution in [0, 0.1) is 5.92 Å². The molecule has 1 N–H and O–H groups in total. The van der Waals surface area contributed by atoms with Crippen LogP contribution in [0.3, 0.4) is 0 Å². The zero-order valence-electron chi connectivity index (χ0n) is 9.93. The Bertz CT molecular complexity index is 299. The zero-order valence-corrected chi connectivity index (χ0v) is 10.7. The molecule has 0 amide bonds. The number of thiophene rings is 1. The zero-order chi connectivity index (χ0) is 11.4. The van der Waals surface area contributed by atoms with Crippen molar-refractivity contribution >= 4 is 11.3 Å². The molecule has 0 spiro atoms. The maximum atomic E-state index is 9.45. The summed E-state index contributed by atoms with van der Waals surface area (Å²) >= 11 is 1.83. The molecule has 0 aromatic carbocycles. The fourth-order valence-electron chi connectivity index (χ4n) is 2.62. The number of hydrogen-bond acceptors (Lipinski definition) is 3.